The highest BCUT2D eigenvalue weighted by molar-refractivity contribution is 9.10. The molecule has 0 saturated heterocycles. The normalized spacial score (nSPS) is 12.6. The maximum Gasteiger partial charge on any atom is 0.0175 e. The monoisotopic (exact) mass is 323 g/mol. The van der Waals surface area contributed by atoms with Gasteiger partial charge in [0.05, 0.1) is 0 Å². The molecule has 1 aromatic carbocycles. The van der Waals surface area contributed by atoms with Crippen molar-refractivity contribution < 1.29 is 0 Å². The highest BCUT2D eigenvalue weighted by Crippen LogP contribution is 2.19. The molecule has 1 heterocycles. The largest absolute Gasteiger partial charge is 0.327 e. The summed E-state index contributed by atoms with van der Waals surface area (Å²) < 4.78 is 1.12. The van der Waals surface area contributed by atoms with Crippen LogP contribution in [0, 0.1) is 0 Å². The van der Waals surface area contributed by atoms with Gasteiger partial charge in [-0.25, -0.2) is 0 Å². The first kappa shape index (κ1) is 13.8. The SMILES string of the molecule is CCc1ccc(CC(N)Cc2ccc(Br)cc2)s1. The summed E-state index contributed by atoms with van der Waals surface area (Å²) in [4.78, 5) is 2.84. The summed E-state index contributed by atoms with van der Waals surface area (Å²) in [6.45, 7) is 2.19. The number of hydrogen-bond acceptors (Lipinski definition) is 2. The molecule has 1 unspecified atom stereocenters. The summed E-state index contributed by atoms with van der Waals surface area (Å²) in [5.74, 6) is 0. The van der Waals surface area contributed by atoms with E-state index < -0.39 is 0 Å². The zero-order chi connectivity index (χ0) is 13.0. The standard InChI is InChI=1S/C15H18BrNS/c1-2-14-7-8-15(18-14)10-13(17)9-11-3-5-12(16)6-4-11/h3-8,13H,2,9-10,17H2,1H3. The Hall–Kier alpha value is -0.640. The molecule has 1 aromatic heterocycles. The van der Waals surface area contributed by atoms with Crippen LogP contribution in [0.4, 0.5) is 0 Å². The fourth-order valence-corrected chi connectivity index (χ4v) is 3.29. The van der Waals surface area contributed by atoms with Gasteiger partial charge in [0.15, 0.2) is 0 Å². The second-order valence-electron chi connectivity index (χ2n) is 4.52. The van der Waals surface area contributed by atoms with Crippen LogP contribution < -0.4 is 5.73 Å². The number of benzene rings is 1. The predicted octanol–water partition coefficient (Wildman–Crippen LogP) is 4.19. The van der Waals surface area contributed by atoms with Crippen molar-refractivity contribution in [2.45, 2.75) is 32.2 Å². The van der Waals surface area contributed by atoms with Gasteiger partial charge in [-0.15, -0.1) is 11.3 Å². The van der Waals surface area contributed by atoms with Crippen molar-refractivity contribution >= 4 is 27.3 Å². The molecular formula is C15H18BrNS. The molecule has 0 fully saturated rings. The smallest absolute Gasteiger partial charge is 0.0175 e. The van der Waals surface area contributed by atoms with E-state index in [1.54, 1.807) is 0 Å². The summed E-state index contributed by atoms with van der Waals surface area (Å²) in [5, 5.41) is 0. The topological polar surface area (TPSA) is 26.0 Å². The lowest BCUT2D eigenvalue weighted by Gasteiger charge is -2.10. The number of rotatable bonds is 5. The zero-order valence-electron chi connectivity index (χ0n) is 10.5. The Labute approximate surface area is 121 Å². The number of halogens is 1. The molecule has 1 nitrogen and oxygen atoms in total. The van der Waals surface area contributed by atoms with Crippen LogP contribution in [0.5, 0.6) is 0 Å². The molecular weight excluding hydrogens is 306 g/mol. The Balaban J connectivity index is 1.91. The minimum absolute atomic E-state index is 0.203. The van der Waals surface area contributed by atoms with Crippen molar-refractivity contribution in [1.82, 2.24) is 0 Å². The Bertz CT molecular complexity index is 489. The summed E-state index contributed by atoms with van der Waals surface area (Å²) in [7, 11) is 0. The number of thiophene rings is 1. The maximum absolute atomic E-state index is 6.22. The van der Waals surface area contributed by atoms with Crippen molar-refractivity contribution in [1.29, 1.82) is 0 Å². The van der Waals surface area contributed by atoms with E-state index >= 15 is 0 Å². The van der Waals surface area contributed by atoms with Crippen LogP contribution in [0.2, 0.25) is 0 Å². The molecule has 0 aliphatic carbocycles. The molecule has 0 aliphatic rings. The van der Waals surface area contributed by atoms with Crippen LogP contribution in [0.25, 0.3) is 0 Å². The quantitative estimate of drug-likeness (QED) is 0.877. The van der Waals surface area contributed by atoms with Crippen molar-refractivity contribution in [2.24, 2.45) is 5.73 Å². The zero-order valence-corrected chi connectivity index (χ0v) is 12.9. The Morgan fingerprint density at radius 2 is 1.72 bits per heavy atom. The first-order valence-electron chi connectivity index (χ1n) is 6.25. The second-order valence-corrected chi connectivity index (χ2v) is 6.68. The minimum atomic E-state index is 0.203. The Kier molecular flexibility index (Phi) is 4.98. The van der Waals surface area contributed by atoms with Crippen molar-refractivity contribution in [2.75, 3.05) is 0 Å². The van der Waals surface area contributed by atoms with Gasteiger partial charge in [0, 0.05) is 20.3 Å². The average Bonchev–Trinajstić information content (AvgIpc) is 2.79. The molecule has 1 atom stereocenters. The fraction of sp³-hybridized carbons (Fsp3) is 0.333. The van der Waals surface area contributed by atoms with Gasteiger partial charge in [0.1, 0.15) is 0 Å². The third-order valence-electron chi connectivity index (χ3n) is 2.94. The van der Waals surface area contributed by atoms with Gasteiger partial charge in [0.25, 0.3) is 0 Å². The van der Waals surface area contributed by atoms with Crippen molar-refractivity contribution in [3.05, 3.63) is 56.2 Å². The summed E-state index contributed by atoms with van der Waals surface area (Å²) >= 11 is 5.33. The number of hydrogen-bond donors (Lipinski definition) is 1. The van der Waals surface area contributed by atoms with Gasteiger partial charge in [-0.3, -0.25) is 0 Å². The highest BCUT2D eigenvalue weighted by atomic mass is 79.9. The average molecular weight is 324 g/mol. The van der Waals surface area contributed by atoms with E-state index in [9.17, 15) is 0 Å². The van der Waals surface area contributed by atoms with Crippen LogP contribution in [-0.4, -0.2) is 6.04 Å². The number of nitrogens with two attached hydrogens (primary N) is 1. The van der Waals surface area contributed by atoms with Crippen LogP contribution in [0.3, 0.4) is 0 Å². The molecule has 0 radical (unpaired) electrons. The van der Waals surface area contributed by atoms with Gasteiger partial charge in [-0.1, -0.05) is 35.0 Å². The van der Waals surface area contributed by atoms with E-state index in [1.807, 2.05) is 11.3 Å². The van der Waals surface area contributed by atoms with E-state index in [1.165, 1.54) is 15.3 Å². The molecule has 96 valence electrons. The lowest BCUT2D eigenvalue weighted by molar-refractivity contribution is 0.671. The molecule has 0 amide bonds. The van der Waals surface area contributed by atoms with Gasteiger partial charge >= 0.3 is 0 Å². The second kappa shape index (κ2) is 6.50. The van der Waals surface area contributed by atoms with Crippen molar-refractivity contribution in [3.8, 4) is 0 Å². The van der Waals surface area contributed by atoms with Gasteiger partial charge < -0.3 is 5.73 Å². The van der Waals surface area contributed by atoms with Gasteiger partial charge in [0.2, 0.25) is 0 Å². The molecule has 0 spiro atoms. The third-order valence-corrected chi connectivity index (χ3v) is 4.72. The van der Waals surface area contributed by atoms with Gasteiger partial charge in [-0.05, 0) is 49.1 Å². The van der Waals surface area contributed by atoms with E-state index in [2.05, 4.69) is 59.3 Å². The minimum Gasteiger partial charge on any atom is -0.327 e. The molecule has 18 heavy (non-hydrogen) atoms. The Morgan fingerprint density at radius 1 is 1.06 bits per heavy atom. The van der Waals surface area contributed by atoms with E-state index in [4.69, 9.17) is 5.73 Å². The fourth-order valence-electron chi connectivity index (χ4n) is 1.98. The van der Waals surface area contributed by atoms with E-state index in [0.29, 0.717) is 0 Å². The Morgan fingerprint density at radius 3 is 2.33 bits per heavy atom. The highest BCUT2D eigenvalue weighted by Gasteiger charge is 2.07. The number of aryl methyl sites for hydroxylation is 1. The third kappa shape index (κ3) is 3.94. The lowest BCUT2D eigenvalue weighted by atomic mass is 10.0. The molecule has 0 bridgehead atoms. The van der Waals surface area contributed by atoms with E-state index in [0.717, 1.165) is 23.7 Å². The van der Waals surface area contributed by atoms with Crippen molar-refractivity contribution in [3.63, 3.8) is 0 Å². The lowest BCUT2D eigenvalue weighted by Crippen LogP contribution is -2.25. The maximum atomic E-state index is 6.22. The van der Waals surface area contributed by atoms with E-state index in [-0.39, 0.29) is 6.04 Å². The van der Waals surface area contributed by atoms with Crippen LogP contribution in [-0.2, 0) is 19.3 Å². The first-order valence-corrected chi connectivity index (χ1v) is 7.86. The summed E-state index contributed by atoms with van der Waals surface area (Å²) in [6.07, 6.45) is 3.03. The summed E-state index contributed by atoms with van der Waals surface area (Å²) in [6, 6.07) is 13.0. The first-order chi connectivity index (χ1) is 8.67. The molecule has 2 N–H and O–H groups in total. The molecule has 0 aliphatic heterocycles. The predicted molar refractivity (Wildman–Crippen MR) is 83.2 cm³/mol. The van der Waals surface area contributed by atoms with Crippen LogP contribution in [0.15, 0.2) is 40.9 Å². The summed E-state index contributed by atoms with van der Waals surface area (Å²) in [5.41, 5.74) is 7.53. The van der Waals surface area contributed by atoms with Crippen LogP contribution >= 0.6 is 27.3 Å². The molecule has 2 rings (SSSR count). The van der Waals surface area contributed by atoms with Crippen LogP contribution in [0.1, 0.15) is 22.2 Å². The van der Waals surface area contributed by atoms with Gasteiger partial charge in [-0.2, -0.15) is 0 Å². The molecule has 2 aromatic rings. The molecule has 3 heteroatoms. The molecule has 0 saturated carbocycles.